The molecule has 3 heterocycles. The number of aromatic nitrogens is 4. The summed E-state index contributed by atoms with van der Waals surface area (Å²) in [6.45, 7) is -0.388. The lowest BCUT2D eigenvalue weighted by molar-refractivity contribution is -0.0511. The zero-order valence-corrected chi connectivity index (χ0v) is 15.8. The van der Waals surface area contributed by atoms with Crippen molar-refractivity contribution in [1.29, 1.82) is 0 Å². The summed E-state index contributed by atoms with van der Waals surface area (Å²) in [7, 11) is 0. The summed E-state index contributed by atoms with van der Waals surface area (Å²) in [6.07, 6.45) is 3.69. The summed E-state index contributed by atoms with van der Waals surface area (Å²) in [6, 6.07) is 0. The number of anilines is 1. The van der Waals surface area contributed by atoms with E-state index in [9.17, 15) is 15.3 Å². The van der Waals surface area contributed by atoms with Crippen LogP contribution in [0.3, 0.4) is 0 Å². The predicted octanol–water partition coefficient (Wildman–Crippen LogP) is 0.692. The molecule has 4 atom stereocenters. The van der Waals surface area contributed by atoms with E-state index >= 15 is 0 Å². The summed E-state index contributed by atoms with van der Waals surface area (Å²) in [5.41, 5.74) is 6.93. The largest absolute Gasteiger partial charge is 0.394 e. The zero-order chi connectivity index (χ0) is 19.0. The monoisotopic (exact) mass is 395 g/mol. The normalized spacial score (nSPS) is 29.6. The molecular formula is C17H25N5O4S. The van der Waals surface area contributed by atoms with Crippen molar-refractivity contribution in [3.63, 3.8) is 0 Å². The van der Waals surface area contributed by atoms with E-state index in [4.69, 9.17) is 10.5 Å². The lowest BCUT2D eigenvalue weighted by Gasteiger charge is -2.20. The van der Waals surface area contributed by atoms with Gasteiger partial charge in [0.05, 0.1) is 12.9 Å². The Morgan fingerprint density at radius 3 is 2.67 bits per heavy atom. The Balaban J connectivity index is 1.58. The average Bonchev–Trinajstić information content (AvgIpc) is 3.23. The van der Waals surface area contributed by atoms with Crippen molar-refractivity contribution in [2.45, 2.75) is 61.8 Å². The van der Waals surface area contributed by atoms with Gasteiger partial charge in [0.25, 0.3) is 0 Å². The van der Waals surface area contributed by atoms with Crippen LogP contribution in [0.5, 0.6) is 0 Å². The summed E-state index contributed by atoms with van der Waals surface area (Å²) in [5, 5.41) is 30.2. The molecule has 2 aromatic heterocycles. The maximum absolute atomic E-state index is 10.3. The molecule has 2 fully saturated rings. The second-order valence-corrected chi connectivity index (χ2v) is 8.25. The van der Waals surface area contributed by atoms with Crippen molar-refractivity contribution in [2.75, 3.05) is 18.1 Å². The van der Waals surface area contributed by atoms with Crippen molar-refractivity contribution >= 4 is 28.7 Å². The third kappa shape index (κ3) is 3.64. The minimum atomic E-state index is -1.20. The first kappa shape index (κ1) is 18.9. The lowest BCUT2D eigenvalue weighted by atomic mass is 9.91. The second-order valence-electron chi connectivity index (χ2n) is 7.26. The molecule has 2 aliphatic rings. The maximum Gasteiger partial charge on any atom is 0.191 e. The van der Waals surface area contributed by atoms with Gasteiger partial charge in [-0.25, -0.2) is 15.0 Å². The number of ether oxygens (including phenoxy) is 1. The molecule has 4 rings (SSSR count). The van der Waals surface area contributed by atoms with Crippen LogP contribution in [0, 0.1) is 5.92 Å². The average molecular weight is 395 g/mol. The molecule has 9 nitrogen and oxygen atoms in total. The van der Waals surface area contributed by atoms with Crippen LogP contribution >= 0.6 is 11.8 Å². The number of aliphatic hydroxyl groups is 3. The summed E-state index contributed by atoms with van der Waals surface area (Å²) in [5.74, 6) is 1.90. The smallest absolute Gasteiger partial charge is 0.191 e. The van der Waals surface area contributed by atoms with Crippen LogP contribution in [0.15, 0.2) is 11.5 Å². The molecule has 0 unspecified atom stereocenters. The van der Waals surface area contributed by atoms with E-state index in [-0.39, 0.29) is 12.4 Å². The van der Waals surface area contributed by atoms with Crippen LogP contribution < -0.4 is 5.73 Å². The van der Waals surface area contributed by atoms with Crippen LogP contribution in [0.25, 0.3) is 11.2 Å². The minimum Gasteiger partial charge on any atom is -0.394 e. The standard InChI is InChI=1S/C17H25N5O4S/c18-14-11-15(21-17(20-14)27-7-9-4-2-1-3-5-9)22(8-19-11)16-13(25)12(24)10(6-23)26-16/h8-10,12-13,16,23-25H,1-7H2,(H2,18,20,21)/t10-,12-,13-,16-/m1/s1. The van der Waals surface area contributed by atoms with Gasteiger partial charge in [-0.2, -0.15) is 0 Å². The highest BCUT2D eigenvalue weighted by molar-refractivity contribution is 7.99. The number of nitrogen functional groups attached to an aromatic ring is 1. The highest BCUT2D eigenvalue weighted by Crippen LogP contribution is 2.33. The molecule has 1 saturated carbocycles. The maximum atomic E-state index is 10.3. The van der Waals surface area contributed by atoms with E-state index in [1.165, 1.54) is 38.4 Å². The Kier molecular flexibility index (Phi) is 5.51. The molecule has 0 aromatic carbocycles. The number of thioether (sulfide) groups is 1. The molecule has 2 aromatic rings. The first-order valence-electron chi connectivity index (χ1n) is 9.33. The van der Waals surface area contributed by atoms with Gasteiger partial charge in [0.15, 0.2) is 22.8 Å². The second kappa shape index (κ2) is 7.88. The number of aliphatic hydroxyl groups excluding tert-OH is 3. The Labute approximate surface area is 161 Å². The summed E-state index contributed by atoms with van der Waals surface area (Å²) in [4.78, 5) is 13.2. The molecule has 148 valence electrons. The van der Waals surface area contributed by atoms with Gasteiger partial charge in [-0.1, -0.05) is 31.0 Å². The van der Waals surface area contributed by atoms with Crippen molar-refractivity contribution in [2.24, 2.45) is 5.92 Å². The van der Waals surface area contributed by atoms with Crippen molar-refractivity contribution in [3.8, 4) is 0 Å². The van der Waals surface area contributed by atoms with Crippen LogP contribution in [0.1, 0.15) is 38.3 Å². The topological polar surface area (TPSA) is 140 Å². The summed E-state index contributed by atoms with van der Waals surface area (Å²) < 4.78 is 7.13. The van der Waals surface area contributed by atoms with Gasteiger partial charge in [-0.05, 0) is 18.8 Å². The molecule has 0 bridgehead atoms. The first-order valence-corrected chi connectivity index (χ1v) is 10.3. The van der Waals surface area contributed by atoms with Gasteiger partial charge < -0.3 is 25.8 Å². The number of rotatable bonds is 5. The van der Waals surface area contributed by atoms with Gasteiger partial charge >= 0.3 is 0 Å². The van der Waals surface area contributed by atoms with E-state index in [0.29, 0.717) is 22.2 Å². The van der Waals surface area contributed by atoms with E-state index in [0.717, 1.165) is 5.75 Å². The molecule has 1 aliphatic heterocycles. The fraction of sp³-hybridized carbons (Fsp3) is 0.706. The predicted molar refractivity (Wildman–Crippen MR) is 100 cm³/mol. The Hall–Kier alpha value is -1.46. The lowest BCUT2D eigenvalue weighted by Crippen LogP contribution is -2.33. The first-order chi connectivity index (χ1) is 13.1. The quantitative estimate of drug-likeness (QED) is 0.425. The molecule has 0 amide bonds. The number of imidazole rings is 1. The SMILES string of the molecule is Nc1nc(SCC2CCCCC2)nc2c1ncn2[C@@H]1O[C@H](CO)[C@@H](O)[C@H]1O. The van der Waals surface area contributed by atoms with E-state index in [1.54, 1.807) is 16.3 Å². The van der Waals surface area contributed by atoms with Crippen LogP contribution in [-0.4, -0.2) is 65.5 Å². The Morgan fingerprint density at radius 2 is 1.96 bits per heavy atom. The van der Waals surface area contributed by atoms with Crippen molar-refractivity contribution in [3.05, 3.63) is 6.33 Å². The molecule has 0 radical (unpaired) electrons. The number of hydrogen-bond acceptors (Lipinski definition) is 9. The fourth-order valence-electron chi connectivity index (χ4n) is 3.82. The number of nitrogens with two attached hydrogens (primary N) is 1. The van der Waals surface area contributed by atoms with Gasteiger partial charge in [0.1, 0.15) is 23.8 Å². The van der Waals surface area contributed by atoms with E-state index in [1.807, 2.05) is 0 Å². The minimum absolute atomic E-state index is 0.275. The number of hydrogen-bond donors (Lipinski definition) is 4. The number of nitrogens with zero attached hydrogens (tertiary/aromatic N) is 4. The summed E-state index contributed by atoms with van der Waals surface area (Å²) >= 11 is 1.58. The van der Waals surface area contributed by atoms with Crippen molar-refractivity contribution < 1.29 is 20.1 Å². The Morgan fingerprint density at radius 1 is 1.19 bits per heavy atom. The van der Waals surface area contributed by atoms with E-state index < -0.39 is 24.5 Å². The van der Waals surface area contributed by atoms with Crippen LogP contribution in [0.4, 0.5) is 5.82 Å². The van der Waals surface area contributed by atoms with Gasteiger partial charge in [0.2, 0.25) is 0 Å². The highest BCUT2D eigenvalue weighted by Gasteiger charge is 2.44. The molecule has 5 N–H and O–H groups in total. The molecule has 10 heteroatoms. The van der Waals surface area contributed by atoms with Gasteiger partial charge in [-0.3, -0.25) is 4.57 Å². The van der Waals surface area contributed by atoms with E-state index in [2.05, 4.69) is 15.0 Å². The van der Waals surface area contributed by atoms with Gasteiger partial charge in [-0.15, -0.1) is 0 Å². The molecule has 27 heavy (non-hydrogen) atoms. The van der Waals surface area contributed by atoms with Crippen LogP contribution in [-0.2, 0) is 4.74 Å². The molecule has 1 saturated heterocycles. The third-order valence-electron chi connectivity index (χ3n) is 5.39. The van der Waals surface area contributed by atoms with Gasteiger partial charge in [0, 0.05) is 5.75 Å². The Bertz CT molecular complexity index is 797. The fourth-order valence-corrected chi connectivity index (χ4v) is 4.86. The van der Waals surface area contributed by atoms with Crippen molar-refractivity contribution in [1.82, 2.24) is 19.5 Å². The van der Waals surface area contributed by atoms with Crippen LogP contribution in [0.2, 0.25) is 0 Å². The zero-order valence-electron chi connectivity index (χ0n) is 14.9. The highest BCUT2D eigenvalue weighted by atomic mass is 32.2. The molecule has 0 spiro atoms. The molecular weight excluding hydrogens is 370 g/mol. The number of fused-ring (bicyclic) bond motifs is 1. The molecule has 1 aliphatic carbocycles. The third-order valence-corrected chi connectivity index (χ3v) is 6.47.